The van der Waals surface area contributed by atoms with Crippen molar-refractivity contribution in [3.63, 3.8) is 0 Å². The van der Waals surface area contributed by atoms with E-state index in [0.29, 0.717) is 6.04 Å². The largest absolute Gasteiger partial charge is 0.310 e. The van der Waals surface area contributed by atoms with Gasteiger partial charge in [-0.3, -0.25) is 4.68 Å². The molecule has 1 N–H and O–H groups in total. The van der Waals surface area contributed by atoms with Crippen LogP contribution in [-0.2, 0) is 13.6 Å². The lowest BCUT2D eigenvalue weighted by Gasteiger charge is -2.29. The monoisotopic (exact) mass is 236 g/mol. The first-order valence-electron chi connectivity index (χ1n) is 6.49. The van der Waals surface area contributed by atoms with Crippen molar-refractivity contribution in [1.29, 1.82) is 0 Å². The third-order valence-electron chi connectivity index (χ3n) is 3.94. The van der Waals surface area contributed by atoms with E-state index in [0.717, 1.165) is 12.2 Å². The molecule has 0 saturated carbocycles. The maximum Gasteiger partial charge on any atom is 0.0641 e. The van der Waals surface area contributed by atoms with Gasteiger partial charge in [0.2, 0.25) is 0 Å². The summed E-state index contributed by atoms with van der Waals surface area (Å²) in [7, 11) is 4.22. The van der Waals surface area contributed by atoms with Gasteiger partial charge in [-0.05, 0) is 46.8 Å². The van der Waals surface area contributed by atoms with Crippen molar-refractivity contribution < 1.29 is 0 Å². The summed E-state index contributed by atoms with van der Waals surface area (Å²) in [6.07, 6.45) is 2.52. The van der Waals surface area contributed by atoms with Crippen LogP contribution in [0.3, 0.4) is 0 Å². The van der Waals surface area contributed by atoms with Crippen LogP contribution >= 0.6 is 0 Å². The van der Waals surface area contributed by atoms with Gasteiger partial charge in [0.25, 0.3) is 0 Å². The third kappa shape index (κ3) is 2.87. The molecule has 0 radical (unpaired) electrons. The molecule has 96 valence electrons. The molecule has 0 aliphatic carbocycles. The maximum absolute atomic E-state index is 4.45. The molecule has 1 aromatic rings. The highest BCUT2D eigenvalue weighted by molar-refractivity contribution is 5.24. The van der Waals surface area contributed by atoms with Crippen LogP contribution in [0.15, 0.2) is 0 Å². The number of hydrogen-bond donors (Lipinski definition) is 1. The van der Waals surface area contributed by atoms with Gasteiger partial charge in [-0.15, -0.1) is 0 Å². The molecule has 0 aromatic carbocycles. The summed E-state index contributed by atoms with van der Waals surface area (Å²) in [4.78, 5) is 2.40. The van der Waals surface area contributed by atoms with E-state index >= 15 is 0 Å². The number of likely N-dealkylation sites (tertiary alicyclic amines) is 1. The van der Waals surface area contributed by atoms with E-state index in [2.05, 4.69) is 36.2 Å². The number of aryl methyl sites for hydroxylation is 2. The molecule has 4 heteroatoms. The second-order valence-corrected chi connectivity index (χ2v) is 5.23. The Morgan fingerprint density at radius 1 is 1.24 bits per heavy atom. The van der Waals surface area contributed by atoms with Crippen LogP contribution in [0, 0.1) is 13.8 Å². The molecule has 0 spiro atoms. The van der Waals surface area contributed by atoms with E-state index in [-0.39, 0.29) is 0 Å². The number of nitrogens with one attached hydrogen (secondary N) is 1. The Kier molecular flexibility index (Phi) is 3.84. The standard InChI is InChI=1S/C13H24N4/c1-10-13(11(2)17(4)15-10)9-14-12-5-7-16(3)8-6-12/h12,14H,5-9H2,1-4H3. The topological polar surface area (TPSA) is 33.1 Å². The lowest BCUT2D eigenvalue weighted by Crippen LogP contribution is -2.40. The van der Waals surface area contributed by atoms with E-state index in [1.807, 2.05) is 11.7 Å². The minimum Gasteiger partial charge on any atom is -0.310 e. The highest BCUT2D eigenvalue weighted by Gasteiger charge is 2.17. The fourth-order valence-electron chi connectivity index (χ4n) is 2.53. The SMILES string of the molecule is Cc1nn(C)c(C)c1CNC1CCN(C)CC1. The lowest BCUT2D eigenvalue weighted by atomic mass is 10.0. The molecule has 1 fully saturated rings. The van der Waals surface area contributed by atoms with Crippen molar-refractivity contribution in [3.8, 4) is 0 Å². The van der Waals surface area contributed by atoms with Gasteiger partial charge >= 0.3 is 0 Å². The van der Waals surface area contributed by atoms with Crippen molar-refractivity contribution in [3.05, 3.63) is 17.0 Å². The minimum absolute atomic E-state index is 0.671. The van der Waals surface area contributed by atoms with Crippen LogP contribution in [0.5, 0.6) is 0 Å². The van der Waals surface area contributed by atoms with E-state index in [9.17, 15) is 0 Å². The third-order valence-corrected chi connectivity index (χ3v) is 3.94. The summed E-state index contributed by atoms with van der Waals surface area (Å²) < 4.78 is 1.97. The second-order valence-electron chi connectivity index (χ2n) is 5.23. The first-order valence-corrected chi connectivity index (χ1v) is 6.49. The average molecular weight is 236 g/mol. The van der Waals surface area contributed by atoms with Gasteiger partial charge in [-0.2, -0.15) is 5.10 Å². The smallest absolute Gasteiger partial charge is 0.0641 e. The molecule has 2 heterocycles. The summed E-state index contributed by atoms with van der Waals surface area (Å²) in [6, 6.07) is 0.671. The number of hydrogen-bond acceptors (Lipinski definition) is 3. The number of rotatable bonds is 3. The quantitative estimate of drug-likeness (QED) is 0.856. The van der Waals surface area contributed by atoms with Crippen LogP contribution in [0.25, 0.3) is 0 Å². The summed E-state index contributed by atoms with van der Waals surface area (Å²) >= 11 is 0. The minimum atomic E-state index is 0.671. The van der Waals surface area contributed by atoms with Gasteiger partial charge in [0.15, 0.2) is 0 Å². The Morgan fingerprint density at radius 3 is 2.41 bits per heavy atom. The highest BCUT2D eigenvalue weighted by atomic mass is 15.3. The van der Waals surface area contributed by atoms with Crippen molar-refractivity contribution in [2.45, 2.75) is 39.3 Å². The van der Waals surface area contributed by atoms with Crippen LogP contribution in [0.4, 0.5) is 0 Å². The molecule has 1 aliphatic rings. The molecular formula is C13H24N4. The number of piperidine rings is 1. The Balaban J connectivity index is 1.89. The fraction of sp³-hybridized carbons (Fsp3) is 0.769. The van der Waals surface area contributed by atoms with Gasteiger partial charge in [0.05, 0.1) is 5.69 Å². The summed E-state index contributed by atoms with van der Waals surface area (Å²) in [5, 5.41) is 8.13. The molecule has 0 atom stereocenters. The zero-order chi connectivity index (χ0) is 12.4. The maximum atomic E-state index is 4.45. The van der Waals surface area contributed by atoms with Gasteiger partial charge in [-0.1, -0.05) is 0 Å². The first-order chi connectivity index (χ1) is 8.08. The van der Waals surface area contributed by atoms with Crippen molar-refractivity contribution in [2.24, 2.45) is 7.05 Å². The van der Waals surface area contributed by atoms with E-state index < -0.39 is 0 Å². The summed E-state index contributed by atoms with van der Waals surface area (Å²) in [6.45, 7) is 7.62. The zero-order valence-electron chi connectivity index (χ0n) is 11.5. The summed E-state index contributed by atoms with van der Waals surface area (Å²) in [5.74, 6) is 0. The molecule has 1 aliphatic heterocycles. The molecule has 0 bridgehead atoms. The van der Waals surface area contributed by atoms with Gasteiger partial charge in [0, 0.05) is 30.9 Å². The lowest BCUT2D eigenvalue weighted by molar-refractivity contribution is 0.234. The predicted molar refractivity (Wildman–Crippen MR) is 70.0 cm³/mol. The van der Waals surface area contributed by atoms with Crippen molar-refractivity contribution in [2.75, 3.05) is 20.1 Å². The Morgan fingerprint density at radius 2 is 1.88 bits per heavy atom. The van der Waals surface area contributed by atoms with Crippen LogP contribution in [0.2, 0.25) is 0 Å². The molecule has 2 rings (SSSR count). The molecule has 1 saturated heterocycles. The normalized spacial score (nSPS) is 18.8. The molecular weight excluding hydrogens is 212 g/mol. The zero-order valence-corrected chi connectivity index (χ0v) is 11.5. The Labute approximate surface area is 104 Å². The van der Waals surface area contributed by atoms with Crippen LogP contribution < -0.4 is 5.32 Å². The van der Waals surface area contributed by atoms with Gasteiger partial charge in [0.1, 0.15) is 0 Å². The van der Waals surface area contributed by atoms with Gasteiger partial charge < -0.3 is 10.2 Å². The van der Waals surface area contributed by atoms with E-state index in [1.165, 1.54) is 37.2 Å². The van der Waals surface area contributed by atoms with Crippen LogP contribution in [0.1, 0.15) is 29.8 Å². The summed E-state index contributed by atoms with van der Waals surface area (Å²) in [5.41, 5.74) is 3.81. The van der Waals surface area contributed by atoms with E-state index in [4.69, 9.17) is 0 Å². The van der Waals surface area contributed by atoms with Gasteiger partial charge in [-0.25, -0.2) is 0 Å². The highest BCUT2D eigenvalue weighted by Crippen LogP contribution is 2.14. The number of nitrogens with zero attached hydrogens (tertiary/aromatic N) is 3. The molecule has 0 unspecified atom stereocenters. The molecule has 4 nitrogen and oxygen atoms in total. The number of aromatic nitrogens is 2. The predicted octanol–water partition coefficient (Wildman–Crippen LogP) is 1.22. The van der Waals surface area contributed by atoms with Crippen molar-refractivity contribution in [1.82, 2.24) is 20.0 Å². The molecule has 17 heavy (non-hydrogen) atoms. The first kappa shape index (κ1) is 12.6. The average Bonchev–Trinajstić information content (AvgIpc) is 2.54. The fourth-order valence-corrected chi connectivity index (χ4v) is 2.53. The second kappa shape index (κ2) is 5.19. The van der Waals surface area contributed by atoms with E-state index in [1.54, 1.807) is 0 Å². The Bertz CT molecular complexity index is 375. The Hall–Kier alpha value is -0.870. The van der Waals surface area contributed by atoms with Crippen LogP contribution in [-0.4, -0.2) is 40.9 Å². The molecule has 1 aromatic heterocycles. The van der Waals surface area contributed by atoms with Crippen molar-refractivity contribution >= 4 is 0 Å². The molecule has 0 amide bonds.